The van der Waals surface area contributed by atoms with Gasteiger partial charge in [-0.1, -0.05) is 6.07 Å². The quantitative estimate of drug-likeness (QED) is 0.553. The van der Waals surface area contributed by atoms with Crippen LogP contribution in [0, 0.1) is 0 Å². The van der Waals surface area contributed by atoms with E-state index in [-0.39, 0.29) is 23.9 Å². The van der Waals surface area contributed by atoms with Crippen LogP contribution in [0.1, 0.15) is 11.1 Å². The Morgan fingerprint density at radius 1 is 1.23 bits per heavy atom. The molecule has 72 valence electrons. The van der Waals surface area contributed by atoms with Crippen LogP contribution in [0.5, 0.6) is 11.5 Å². The third-order valence-corrected chi connectivity index (χ3v) is 2.23. The highest BCUT2D eigenvalue weighted by atomic mass is 35.5. The second kappa shape index (κ2) is 3.85. The Hall–Kier alpha value is -0.930. The molecule has 3 nitrogen and oxygen atoms in total. The van der Waals surface area contributed by atoms with E-state index in [1.165, 1.54) is 6.07 Å². The number of hydrogen-bond acceptors (Lipinski definition) is 3. The lowest BCUT2D eigenvalue weighted by atomic mass is 10.00. The van der Waals surface area contributed by atoms with Crippen LogP contribution in [0.15, 0.2) is 12.1 Å². The van der Waals surface area contributed by atoms with Gasteiger partial charge in [-0.05, 0) is 24.6 Å². The fourth-order valence-electron chi connectivity index (χ4n) is 1.55. The van der Waals surface area contributed by atoms with E-state index in [0.29, 0.717) is 0 Å². The van der Waals surface area contributed by atoms with Gasteiger partial charge >= 0.3 is 0 Å². The molecule has 13 heavy (non-hydrogen) atoms. The fourth-order valence-corrected chi connectivity index (χ4v) is 1.55. The van der Waals surface area contributed by atoms with Gasteiger partial charge < -0.3 is 15.5 Å². The van der Waals surface area contributed by atoms with Crippen molar-refractivity contribution in [3.63, 3.8) is 0 Å². The zero-order chi connectivity index (χ0) is 8.55. The van der Waals surface area contributed by atoms with Crippen molar-refractivity contribution in [3.8, 4) is 11.5 Å². The summed E-state index contributed by atoms with van der Waals surface area (Å²) in [4.78, 5) is 0. The molecule has 1 aromatic carbocycles. The molecule has 0 fully saturated rings. The third kappa shape index (κ3) is 1.71. The first-order chi connectivity index (χ1) is 5.79. The van der Waals surface area contributed by atoms with Crippen molar-refractivity contribution in [3.05, 3.63) is 23.3 Å². The van der Waals surface area contributed by atoms with Crippen molar-refractivity contribution < 1.29 is 10.2 Å². The van der Waals surface area contributed by atoms with Crippen molar-refractivity contribution in [1.29, 1.82) is 0 Å². The number of nitrogens with one attached hydrogen (secondary N) is 1. The van der Waals surface area contributed by atoms with Crippen LogP contribution in [0.2, 0.25) is 0 Å². The van der Waals surface area contributed by atoms with E-state index in [9.17, 15) is 10.2 Å². The van der Waals surface area contributed by atoms with Gasteiger partial charge in [0.15, 0.2) is 11.5 Å². The summed E-state index contributed by atoms with van der Waals surface area (Å²) in [6.07, 6.45) is 0.787. The first kappa shape index (κ1) is 10.2. The maximum atomic E-state index is 9.47. The predicted molar refractivity (Wildman–Crippen MR) is 52.4 cm³/mol. The van der Waals surface area contributed by atoms with Gasteiger partial charge in [0, 0.05) is 12.1 Å². The molecule has 0 aliphatic carbocycles. The van der Waals surface area contributed by atoms with E-state index in [1.54, 1.807) is 0 Å². The van der Waals surface area contributed by atoms with E-state index in [1.807, 2.05) is 6.07 Å². The smallest absolute Gasteiger partial charge is 0.161 e. The Bertz CT molecular complexity index is 315. The molecular weight excluding hydrogens is 190 g/mol. The number of hydrogen-bond donors (Lipinski definition) is 3. The number of aromatic hydroxyl groups is 2. The molecule has 3 N–H and O–H groups in total. The van der Waals surface area contributed by atoms with Crippen molar-refractivity contribution in [2.75, 3.05) is 6.54 Å². The molecule has 1 aliphatic heterocycles. The molecule has 1 aromatic rings. The first-order valence-corrected chi connectivity index (χ1v) is 4.02. The molecule has 0 aromatic heterocycles. The van der Waals surface area contributed by atoms with E-state index in [2.05, 4.69) is 5.32 Å². The van der Waals surface area contributed by atoms with Gasteiger partial charge in [0.05, 0.1) is 0 Å². The molecule has 0 spiro atoms. The minimum absolute atomic E-state index is 0. The topological polar surface area (TPSA) is 52.5 Å². The minimum atomic E-state index is -0.0179. The second-order valence-corrected chi connectivity index (χ2v) is 3.00. The summed E-state index contributed by atoms with van der Waals surface area (Å²) in [5.74, 6) is 0.0321. The molecule has 1 aliphatic rings. The number of fused-ring (bicyclic) bond motifs is 1. The van der Waals surface area contributed by atoms with Gasteiger partial charge in [-0.2, -0.15) is 0 Å². The molecule has 1 heterocycles. The van der Waals surface area contributed by atoms with Crippen molar-refractivity contribution in [2.24, 2.45) is 0 Å². The van der Waals surface area contributed by atoms with Crippen molar-refractivity contribution >= 4 is 12.4 Å². The fraction of sp³-hybridized carbons (Fsp3) is 0.333. The lowest BCUT2D eigenvalue weighted by Crippen LogP contribution is -2.23. The molecule has 2 rings (SSSR count). The molecule has 0 amide bonds. The zero-order valence-electron chi connectivity index (χ0n) is 7.08. The van der Waals surface area contributed by atoms with Crippen LogP contribution in [-0.4, -0.2) is 16.8 Å². The highest BCUT2D eigenvalue weighted by molar-refractivity contribution is 5.85. The molecular formula is C9H12ClNO2. The van der Waals surface area contributed by atoms with Gasteiger partial charge in [0.2, 0.25) is 0 Å². The molecule has 0 saturated carbocycles. The second-order valence-electron chi connectivity index (χ2n) is 3.00. The van der Waals surface area contributed by atoms with E-state index < -0.39 is 0 Å². The van der Waals surface area contributed by atoms with Gasteiger partial charge in [0.25, 0.3) is 0 Å². The Morgan fingerprint density at radius 3 is 2.77 bits per heavy atom. The highest BCUT2D eigenvalue weighted by Crippen LogP contribution is 2.32. The highest BCUT2D eigenvalue weighted by Gasteiger charge is 2.14. The number of phenolic OH excluding ortho intramolecular Hbond substituents is 2. The summed E-state index contributed by atoms with van der Waals surface area (Å²) in [6, 6.07) is 3.37. The Labute approximate surface area is 82.8 Å². The lowest BCUT2D eigenvalue weighted by molar-refractivity contribution is 0.396. The molecule has 0 unspecified atom stereocenters. The Kier molecular flexibility index (Phi) is 3.01. The number of phenols is 2. The van der Waals surface area contributed by atoms with Gasteiger partial charge in [-0.15, -0.1) is 12.4 Å². The summed E-state index contributed by atoms with van der Waals surface area (Å²) in [6.45, 7) is 1.65. The summed E-state index contributed by atoms with van der Waals surface area (Å²) < 4.78 is 0. The van der Waals surface area contributed by atoms with Crippen LogP contribution in [0.3, 0.4) is 0 Å². The van der Waals surface area contributed by atoms with E-state index in [0.717, 1.165) is 30.6 Å². The van der Waals surface area contributed by atoms with Crippen LogP contribution >= 0.6 is 12.4 Å². The first-order valence-electron chi connectivity index (χ1n) is 4.02. The van der Waals surface area contributed by atoms with Gasteiger partial charge in [-0.3, -0.25) is 0 Å². The minimum Gasteiger partial charge on any atom is -0.504 e. The van der Waals surface area contributed by atoms with E-state index in [4.69, 9.17) is 0 Å². The number of rotatable bonds is 0. The Morgan fingerprint density at radius 2 is 2.00 bits per heavy atom. The SMILES string of the molecule is Cl.Oc1ccc2c(c1O)CCNC2. The van der Waals surface area contributed by atoms with Crippen LogP contribution in [-0.2, 0) is 13.0 Å². The standard InChI is InChI=1S/C9H11NO2.ClH/c11-8-2-1-6-5-10-4-3-7(6)9(8)12;/h1-2,10-12H,3-5H2;1H. The third-order valence-electron chi connectivity index (χ3n) is 2.23. The summed E-state index contributed by atoms with van der Waals surface area (Å²) in [5, 5.41) is 21.9. The zero-order valence-corrected chi connectivity index (χ0v) is 7.90. The molecule has 0 saturated heterocycles. The van der Waals surface area contributed by atoms with Gasteiger partial charge in [0.1, 0.15) is 0 Å². The normalized spacial score (nSPS) is 14.5. The van der Waals surface area contributed by atoms with Crippen LogP contribution in [0.25, 0.3) is 0 Å². The Balaban J connectivity index is 0.000000845. The summed E-state index contributed by atoms with van der Waals surface area (Å²) in [5.41, 5.74) is 1.96. The number of halogens is 1. The molecule has 0 bridgehead atoms. The summed E-state index contributed by atoms with van der Waals surface area (Å²) in [7, 11) is 0. The van der Waals surface area contributed by atoms with Crippen molar-refractivity contribution in [1.82, 2.24) is 5.32 Å². The average Bonchev–Trinajstić information content (AvgIpc) is 2.12. The van der Waals surface area contributed by atoms with Crippen LogP contribution < -0.4 is 5.32 Å². The summed E-state index contributed by atoms with van der Waals surface area (Å²) >= 11 is 0. The predicted octanol–water partition coefficient (Wildman–Crippen LogP) is 1.17. The van der Waals surface area contributed by atoms with Crippen LogP contribution in [0.4, 0.5) is 0 Å². The van der Waals surface area contributed by atoms with Gasteiger partial charge in [-0.25, -0.2) is 0 Å². The monoisotopic (exact) mass is 201 g/mol. The largest absolute Gasteiger partial charge is 0.504 e. The van der Waals surface area contributed by atoms with Crippen molar-refractivity contribution in [2.45, 2.75) is 13.0 Å². The number of benzene rings is 1. The van der Waals surface area contributed by atoms with E-state index >= 15 is 0 Å². The molecule has 0 radical (unpaired) electrons. The maximum absolute atomic E-state index is 9.47. The lowest BCUT2D eigenvalue weighted by Gasteiger charge is -2.18. The average molecular weight is 202 g/mol. The maximum Gasteiger partial charge on any atom is 0.161 e. The molecule has 4 heteroatoms. The molecule has 0 atom stereocenters.